The van der Waals surface area contributed by atoms with Gasteiger partial charge >= 0.3 is 0 Å². The molecule has 94 valence electrons. The molecule has 4 nitrogen and oxygen atoms in total. The van der Waals surface area contributed by atoms with Crippen molar-refractivity contribution >= 4 is 5.88 Å². The van der Waals surface area contributed by atoms with Gasteiger partial charge in [-0.1, -0.05) is 23.4 Å². The number of halogens is 1. The summed E-state index contributed by atoms with van der Waals surface area (Å²) < 4.78 is 18.3. The average molecular weight is 255 g/mol. The van der Waals surface area contributed by atoms with Gasteiger partial charge in [-0.3, -0.25) is 4.98 Å². The Labute approximate surface area is 108 Å². The minimum Gasteiger partial charge on any atom is -0.367 e. The molecule has 3 rings (SSSR count). The Bertz CT molecular complexity index is 710. The Morgan fingerprint density at radius 1 is 1.11 bits per heavy atom. The van der Waals surface area contributed by atoms with Crippen molar-refractivity contribution in [1.29, 1.82) is 0 Å². The van der Waals surface area contributed by atoms with E-state index in [0.29, 0.717) is 22.5 Å². The van der Waals surface area contributed by atoms with Crippen LogP contribution in [0, 0.1) is 5.82 Å². The lowest BCUT2D eigenvalue weighted by molar-refractivity contribution is 0.439. The van der Waals surface area contributed by atoms with Crippen LogP contribution < -0.4 is 5.73 Å². The monoisotopic (exact) mass is 255 g/mol. The summed E-state index contributed by atoms with van der Waals surface area (Å²) in [6, 6.07) is 11.5. The van der Waals surface area contributed by atoms with E-state index in [1.54, 1.807) is 30.5 Å². The standard InChI is InChI=1S/C14H10FN3O/c15-10-5-3-4-9(8-10)13-12(14(16)19-18-13)11-6-1-2-7-17-11/h1-8H,16H2. The lowest BCUT2D eigenvalue weighted by Crippen LogP contribution is -1.90. The topological polar surface area (TPSA) is 64.9 Å². The number of aromatic nitrogens is 2. The molecular weight excluding hydrogens is 245 g/mol. The molecule has 2 aromatic heterocycles. The maximum atomic E-state index is 13.3. The van der Waals surface area contributed by atoms with Gasteiger partial charge in [-0.05, 0) is 24.3 Å². The van der Waals surface area contributed by atoms with Crippen molar-refractivity contribution in [3.05, 3.63) is 54.5 Å². The Balaban J connectivity index is 2.19. The molecule has 0 bridgehead atoms. The van der Waals surface area contributed by atoms with Gasteiger partial charge in [0.15, 0.2) is 0 Å². The summed E-state index contributed by atoms with van der Waals surface area (Å²) in [6.07, 6.45) is 1.65. The Morgan fingerprint density at radius 2 is 2.00 bits per heavy atom. The summed E-state index contributed by atoms with van der Waals surface area (Å²) in [5, 5.41) is 3.90. The maximum Gasteiger partial charge on any atom is 0.232 e. The lowest BCUT2D eigenvalue weighted by Gasteiger charge is -2.01. The van der Waals surface area contributed by atoms with E-state index in [1.165, 1.54) is 12.1 Å². The van der Waals surface area contributed by atoms with Crippen LogP contribution >= 0.6 is 0 Å². The van der Waals surface area contributed by atoms with Crippen LogP contribution in [-0.4, -0.2) is 10.1 Å². The molecule has 0 saturated heterocycles. The number of rotatable bonds is 2. The van der Waals surface area contributed by atoms with E-state index in [2.05, 4.69) is 10.1 Å². The highest BCUT2D eigenvalue weighted by Gasteiger charge is 2.18. The lowest BCUT2D eigenvalue weighted by atomic mass is 10.0. The van der Waals surface area contributed by atoms with Gasteiger partial charge in [0.1, 0.15) is 11.5 Å². The third kappa shape index (κ3) is 2.06. The van der Waals surface area contributed by atoms with Gasteiger partial charge in [0.2, 0.25) is 5.88 Å². The highest BCUT2D eigenvalue weighted by molar-refractivity contribution is 5.85. The smallest absolute Gasteiger partial charge is 0.232 e. The second kappa shape index (κ2) is 4.53. The van der Waals surface area contributed by atoms with E-state index >= 15 is 0 Å². The van der Waals surface area contributed by atoms with Crippen LogP contribution in [0.25, 0.3) is 22.5 Å². The van der Waals surface area contributed by atoms with Crippen molar-refractivity contribution in [2.24, 2.45) is 0 Å². The zero-order valence-corrected chi connectivity index (χ0v) is 9.88. The van der Waals surface area contributed by atoms with Gasteiger partial charge in [-0.15, -0.1) is 0 Å². The SMILES string of the molecule is Nc1onc(-c2cccc(F)c2)c1-c1ccccn1. The number of hydrogen-bond donors (Lipinski definition) is 1. The summed E-state index contributed by atoms with van der Waals surface area (Å²) in [5.74, 6) is -0.177. The van der Waals surface area contributed by atoms with E-state index in [-0.39, 0.29) is 11.7 Å². The summed E-state index contributed by atoms with van der Waals surface area (Å²) in [6.45, 7) is 0. The average Bonchev–Trinajstić information content (AvgIpc) is 2.82. The molecule has 0 spiro atoms. The van der Waals surface area contributed by atoms with E-state index in [0.717, 1.165) is 0 Å². The Hall–Kier alpha value is -2.69. The largest absolute Gasteiger partial charge is 0.367 e. The number of anilines is 1. The van der Waals surface area contributed by atoms with Crippen LogP contribution in [0.15, 0.2) is 53.2 Å². The second-order valence-electron chi connectivity index (χ2n) is 4.00. The first-order valence-electron chi connectivity index (χ1n) is 5.68. The van der Waals surface area contributed by atoms with E-state index < -0.39 is 0 Å². The number of pyridine rings is 1. The first kappa shape index (κ1) is 11.4. The van der Waals surface area contributed by atoms with Crippen molar-refractivity contribution in [2.45, 2.75) is 0 Å². The van der Waals surface area contributed by atoms with Crippen LogP contribution in [-0.2, 0) is 0 Å². The fourth-order valence-corrected chi connectivity index (χ4v) is 1.89. The minimum atomic E-state index is -0.342. The predicted molar refractivity (Wildman–Crippen MR) is 69.5 cm³/mol. The number of nitrogens with zero attached hydrogens (tertiary/aromatic N) is 2. The van der Waals surface area contributed by atoms with Crippen LogP contribution in [0.2, 0.25) is 0 Å². The third-order valence-electron chi connectivity index (χ3n) is 2.74. The molecule has 2 N–H and O–H groups in total. The Kier molecular flexibility index (Phi) is 2.72. The molecule has 2 heterocycles. The predicted octanol–water partition coefficient (Wildman–Crippen LogP) is 3.12. The van der Waals surface area contributed by atoms with E-state index in [4.69, 9.17) is 10.3 Å². The van der Waals surface area contributed by atoms with Gasteiger partial charge < -0.3 is 10.3 Å². The molecule has 0 aliphatic carbocycles. The van der Waals surface area contributed by atoms with Crippen molar-refractivity contribution < 1.29 is 8.91 Å². The van der Waals surface area contributed by atoms with Gasteiger partial charge in [0, 0.05) is 11.8 Å². The van der Waals surface area contributed by atoms with Crippen LogP contribution in [0.3, 0.4) is 0 Å². The maximum absolute atomic E-state index is 13.3. The number of nitrogen functional groups attached to an aromatic ring is 1. The molecule has 0 radical (unpaired) electrons. The van der Waals surface area contributed by atoms with Crippen molar-refractivity contribution in [1.82, 2.24) is 10.1 Å². The summed E-state index contributed by atoms with van der Waals surface area (Å²) in [7, 11) is 0. The molecule has 0 unspecified atom stereocenters. The van der Waals surface area contributed by atoms with Gasteiger partial charge in [-0.25, -0.2) is 4.39 Å². The highest BCUT2D eigenvalue weighted by atomic mass is 19.1. The molecule has 0 amide bonds. The number of nitrogens with two attached hydrogens (primary N) is 1. The van der Waals surface area contributed by atoms with Crippen LogP contribution in [0.5, 0.6) is 0 Å². The number of hydrogen-bond acceptors (Lipinski definition) is 4. The summed E-state index contributed by atoms with van der Waals surface area (Å²) in [4.78, 5) is 4.22. The normalized spacial score (nSPS) is 10.6. The fourth-order valence-electron chi connectivity index (χ4n) is 1.89. The second-order valence-corrected chi connectivity index (χ2v) is 4.00. The fraction of sp³-hybridized carbons (Fsp3) is 0. The molecule has 3 aromatic rings. The molecule has 0 aliphatic rings. The summed E-state index contributed by atoms with van der Waals surface area (Å²) in [5.41, 5.74) is 8.08. The molecule has 0 aliphatic heterocycles. The Morgan fingerprint density at radius 3 is 2.74 bits per heavy atom. The summed E-state index contributed by atoms with van der Waals surface area (Å²) >= 11 is 0. The molecular formula is C14H10FN3O. The van der Waals surface area contributed by atoms with E-state index in [9.17, 15) is 4.39 Å². The van der Waals surface area contributed by atoms with Crippen molar-refractivity contribution in [2.75, 3.05) is 5.73 Å². The number of benzene rings is 1. The molecule has 0 atom stereocenters. The quantitative estimate of drug-likeness (QED) is 0.764. The van der Waals surface area contributed by atoms with Crippen molar-refractivity contribution in [3.8, 4) is 22.5 Å². The molecule has 19 heavy (non-hydrogen) atoms. The molecule has 0 fully saturated rings. The molecule has 1 aromatic carbocycles. The van der Waals surface area contributed by atoms with Gasteiger partial charge in [0.25, 0.3) is 0 Å². The van der Waals surface area contributed by atoms with Gasteiger partial charge in [0.05, 0.1) is 11.3 Å². The van der Waals surface area contributed by atoms with Crippen LogP contribution in [0.1, 0.15) is 0 Å². The zero-order chi connectivity index (χ0) is 13.2. The van der Waals surface area contributed by atoms with Gasteiger partial charge in [-0.2, -0.15) is 0 Å². The first-order chi connectivity index (χ1) is 9.25. The van der Waals surface area contributed by atoms with Crippen LogP contribution in [0.4, 0.5) is 10.3 Å². The van der Waals surface area contributed by atoms with E-state index in [1.807, 2.05) is 6.07 Å². The van der Waals surface area contributed by atoms with Crippen molar-refractivity contribution in [3.63, 3.8) is 0 Å². The molecule has 5 heteroatoms. The first-order valence-corrected chi connectivity index (χ1v) is 5.68. The minimum absolute atomic E-state index is 0.165. The third-order valence-corrected chi connectivity index (χ3v) is 2.74. The zero-order valence-electron chi connectivity index (χ0n) is 9.88. The highest BCUT2D eigenvalue weighted by Crippen LogP contribution is 2.34. The molecule has 0 saturated carbocycles.